The maximum absolute atomic E-state index is 12.3. The van der Waals surface area contributed by atoms with Crippen LogP contribution in [-0.2, 0) is 10.2 Å². The van der Waals surface area contributed by atoms with E-state index in [9.17, 15) is 4.79 Å². The fraction of sp³-hybridized carbons (Fsp3) is 0.267. The number of benzene rings is 1. The van der Waals surface area contributed by atoms with Gasteiger partial charge in [-0.1, -0.05) is 59.3 Å². The van der Waals surface area contributed by atoms with Crippen LogP contribution in [0.15, 0.2) is 53.0 Å². The lowest BCUT2D eigenvalue weighted by Gasteiger charge is -2.30. The van der Waals surface area contributed by atoms with Crippen molar-refractivity contribution in [3.63, 3.8) is 0 Å². The van der Waals surface area contributed by atoms with E-state index in [4.69, 9.17) is 0 Å². The van der Waals surface area contributed by atoms with Gasteiger partial charge in [0.25, 0.3) is 0 Å². The number of rotatable bonds is 3. The maximum atomic E-state index is 12.3. The summed E-state index contributed by atoms with van der Waals surface area (Å²) in [7, 11) is 0. The van der Waals surface area contributed by atoms with Crippen LogP contribution in [0.1, 0.15) is 25.3 Å². The van der Waals surface area contributed by atoms with E-state index in [-0.39, 0.29) is 5.78 Å². The van der Waals surface area contributed by atoms with Gasteiger partial charge in [-0.25, -0.2) is 0 Å². The fourth-order valence-corrected chi connectivity index (χ4v) is 2.53. The Bertz CT molecular complexity index is 470. The lowest BCUT2D eigenvalue weighted by atomic mass is 9.71. The second-order valence-corrected chi connectivity index (χ2v) is 5.16. The molecule has 0 spiro atoms. The van der Waals surface area contributed by atoms with E-state index in [1.54, 1.807) is 0 Å². The second kappa shape index (κ2) is 5.01. The minimum atomic E-state index is -0.454. The van der Waals surface area contributed by atoms with Gasteiger partial charge < -0.3 is 0 Å². The SMILES string of the molecule is CCC(=O)C1(c2ccc(Br)cc2)C=CC=CC1. The zero-order valence-corrected chi connectivity index (χ0v) is 11.4. The van der Waals surface area contributed by atoms with Crippen LogP contribution in [0.4, 0.5) is 0 Å². The fourth-order valence-electron chi connectivity index (χ4n) is 2.26. The van der Waals surface area contributed by atoms with Gasteiger partial charge in [0.1, 0.15) is 5.78 Å². The predicted octanol–water partition coefficient (Wildman–Crippen LogP) is 4.18. The molecular formula is C15H15BrO. The van der Waals surface area contributed by atoms with Crippen LogP contribution in [0.25, 0.3) is 0 Å². The highest BCUT2D eigenvalue weighted by Gasteiger charge is 2.35. The molecule has 1 nitrogen and oxygen atoms in total. The van der Waals surface area contributed by atoms with Crippen molar-refractivity contribution >= 4 is 21.7 Å². The second-order valence-electron chi connectivity index (χ2n) is 4.25. The van der Waals surface area contributed by atoms with Gasteiger partial charge in [0.15, 0.2) is 0 Å². The molecule has 88 valence electrons. The van der Waals surface area contributed by atoms with E-state index in [0.29, 0.717) is 6.42 Å². The van der Waals surface area contributed by atoms with Crippen LogP contribution in [0.2, 0.25) is 0 Å². The van der Waals surface area contributed by atoms with Gasteiger partial charge in [-0.3, -0.25) is 4.79 Å². The van der Waals surface area contributed by atoms with Gasteiger partial charge >= 0.3 is 0 Å². The average Bonchev–Trinajstić information content (AvgIpc) is 2.39. The minimum absolute atomic E-state index is 0.278. The topological polar surface area (TPSA) is 17.1 Å². The molecule has 1 unspecified atom stereocenters. The molecule has 1 aliphatic carbocycles. The van der Waals surface area contributed by atoms with Gasteiger partial charge in [0, 0.05) is 10.9 Å². The first-order valence-electron chi connectivity index (χ1n) is 5.83. The first-order valence-corrected chi connectivity index (χ1v) is 6.62. The Morgan fingerprint density at radius 1 is 1.29 bits per heavy atom. The molecular weight excluding hydrogens is 276 g/mol. The van der Waals surface area contributed by atoms with Gasteiger partial charge in [-0.05, 0) is 24.1 Å². The van der Waals surface area contributed by atoms with Crippen LogP contribution in [0.5, 0.6) is 0 Å². The van der Waals surface area contributed by atoms with Gasteiger partial charge in [-0.2, -0.15) is 0 Å². The highest BCUT2D eigenvalue weighted by atomic mass is 79.9. The molecule has 0 saturated carbocycles. The number of halogens is 1. The Kier molecular flexibility index (Phi) is 3.63. The molecule has 0 bridgehead atoms. The Morgan fingerprint density at radius 2 is 2.00 bits per heavy atom. The molecule has 1 atom stereocenters. The van der Waals surface area contributed by atoms with E-state index in [1.165, 1.54) is 0 Å². The third kappa shape index (κ3) is 2.27. The zero-order valence-electron chi connectivity index (χ0n) is 9.82. The van der Waals surface area contributed by atoms with Crippen molar-refractivity contribution < 1.29 is 4.79 Å². The van der Waals surface area contributed by atoms with Crippen LogP contribution in [0, 0.1) is 0 Å². The molecule has 2 rings (SSSR count). The van der Waals surface area contributed by atoms with E-state index < -0.39 is 5.41 Å². The van der Waals surface area contributed by atoms with Crippen molar-refractivity contribution in [2.75, 3.05) is 0 Å². The number of hydrogen-bond acceptors (Lipinski definition) is 1. The minimum Gasteiger partial charge on any atom is -0.298 e. The van der Waals surface area contributed by atoms with Crippen molar-refractivity contribution in [1.82, 2.24) is 0 Å². The van der Waals surface area contributed by atoms with Crippen LogP contribution >= 0.6 is 15.9 Å². The largest absolute Gasteiger partial charge is 0.298 e. The third-order valence-corrected chi connectivity index (χ3v) is 3.77. The lowest BCUT2D eigenvalue weighted by Crippen LogP contribution is -2.33. The number of hydrogen-bond donors (Lipinski definition) is 0. The molecule has 0 aliphatic heterocycles. The summed E-state index contributed by atoms with van der Waals surface area (Å²) in [6.45, 7) is 1.93. The Labute approximate surface area is 110 Å². The zero-order chi connectivity index (χ0) is 12.3. The summed E-state index contributed by atoms with van der Waals surface area (Å²) in [4.78, 5) is 12.3. The maximum Gasteiger partial charge on any atom is 0.147 e. The third-order valence-electron chi connectivity index (χ3n) is 3.25. The molecule has 1 aromatic rings. The molecule has 17 heavy (non-hydrogen) atoms. The first kappa shape index (κ1) is 12.3. The first-order chi connectivity index (χ1) is 8.19. The number of carbonyl (C=O) groups excluding carboxylic acids is 1. The monoisotopic (exact) mass is 290 g/mol. The molecule has 0 amide bonds. The highest BCUT2D eigenvalue weighted by Crippen LogP contribution is 2.35. The van der Waals surface area contributed by atoms with Gasteiger partial charge in [0.05, 0.1) is 5.41 Å². The number of ketones is 1. The van der Waals surface area contributed by atoms with E-state index in [0.717, 1.165) is 16.5 Å². The summed E-state index contributed by atoms with van der Waals surface area (Å²) in [5, 5.41) is 0. The smallest absolute Gasteiger partial charge is 0.147 e. The van der Waals surface area contributed by atoms with Crippen molar-refractivity contribution in [3.05, 3.63) is 58.6 Å². The molecule has 0 aromatic heterocycles. The van der Waals surface area contributed by atoms with Gasteiger partial charge in [0.2, 0.25) is 0 Å². The van der Waals surface area contributed by atoms with E-state index in [2.05, 4.69) is 22.0 Å². The van der Waals surface area contributed by atoms with Crippen molar-refractivity contribution in [3.8, 4) is 0 Å². The van der Waals surface area contributed by atoms with Crippen molar-refractivity contribution in [2.24, 2.45) is 0 Å². The highest BCUT2D eigenvalue weighted by molar-refractivity contribution is 9.10. The normalized spacial score (nSPS) is 22.7. The Balaban J connectivity index is 2.47. The summed E-state index contributed by atoms with van der Waals surface area (Å²) in [5.41, 5.74) is 0.623. The summed E-state index contributed by atoms with van der Waals surface area (Å²) < 4.78 is 1.04. The molecule has 0 saturated heterocycles. The number of carbonyl (C=O) groups is 1. The summed E-state index contributed by atoms with van der Waals surface area (Å²) in [6.07, 6.45) is 9.39. The quantitative estimate of drug-likeness (QED) is 0.816. The molecule has 1 aliphatic rings. The number of allylic oxidation sites excluding steroid dienone is 4. The van der Waals surface area contributed by atoms with Crippen LogP contribution in [0.3, 0.4) is 0 Å². The molecule has 0 radical (unpaired) electrons. The molecule has 0 heterocycles. The van der Waals surface area contributed by atoms with Crippen molar-refractivity contribution in [2.45, 2.75) is 25.2 Å². The summed E-state index contributed by atoms with van der Waals surface area (Å²) in [5.74, 6) is 0.278. The molecule has 1 aromatic carbocycles. The molecule has 0 N–H and O–H groups in total. The summed E-state index contributed by atoms with van der Waals surface area (Å²) in [6, 6.07) is 8.04. The van der Waals surface area contributed by atoms with E-state index >= 15 is 0 Å². The van der Waals surface area contributed by atoms with Crippen molar-refractivity contribution in [1.29, 1.82) is 0 Å². The lowest BCUT2D eigenvalue weighted by molar-refractivity contribution is -0.122. The van der Waals surface area contributed by atoms with E-state index in [1.807, 2.05) is 49.4 Å². The average molecular weight is 291 g/mol. The Morgan fingerprint density at radius 3 is 2.53 bits per heavy atom. The predicted molar refractivity (Wildman–Crippen MR) is 74.0 cm³/mol. The molecule has 0 fully saturated rings. The Hall–Kier alpha value is -1.15. The van der Waals surface area contributed by atoms with Crippen LogP contribution in [-0.4, -0.2) is 5.78 Å². The standard InChI is InChI=1S/C15H15BrO/c1-2-14(17)15(10-4-3-5-11-15)12-6-8-13(16)9-7-12/h3-10H,2,11H2,1H3. The molecule has 2 heteroatoms. The van der Waals surface area contributed by atoms with Crippen LogP contribution < -0.4 is 0 Å². The summed E-state index contributed by atoms with van der Waals surface area (Å²) >= 11 is 3.42. The van der Waals surface area contributed by atoms with Gasteiger partial charge in [-0.15, -0.1) is 0 Å². The number of Topliss-reactive ketones (excluding diaryl/α,β-unsaturated/α-hetero) is 1.